The molecule has 0 unspecified atom stereocenters. The zero-order valence-electron chi connectivity index (χ0n) is 16.6. The maximum Gasteiger partial charge on any atom is 0.290 e. The zero-order valence-corrected chi connectivity index (χ0v) is 17.4. The van der Waals surface area contributed by atoms with Crippen molar-refractivity contribution < 1.29 is 19.4 Å². The second kappa shape index (κ2) is 8.13. The van der Waals surface area contributed by atoms with Crippen molar-refractivity contribution in [3.05, 3.63) is 69.1 Å². The highest BCUT2D eigenvalue weighted by atomic mass is 32.1. The Labute approximate surface area is 174 Å². The molecule has 3 heterocycles. The number of aliphatic hydroxyl groups excluding tert-OH is 1. The van der Waals surface area contributed by atoms with Crippen LogP contribution in [0.3, 0.4) is 0 Å². The average Bonchev–Trinajstić information content (AvgIpc) is 3.46. The number of Topliss-reactive ketones (excluding diaryl/α,β-unsaturated/α-hetero) is 1. The summed E-state index contributed by atoms with van der Waals surface area (Å²) in [5, 5.41) is 12.5. The molecular formula is C23H25NO4S. The normalized spacial score (nSPS) is 22.2. The summed E-state index contributed by atoms with van der Waals surface area (Å²) in [7, 11) is 0. The number of ketones is 1. The van der Waals surface area contributed by atoms with Crippen molar-refractivity contribution in [3.8, 4) is 0 Å². The van der Waals surface area contributed by atoms with Gasteiger partial charge in [-0.1, -0.05) is 44.2 Å². The number of hydrogen-bond acceptors (Lipinski definition) is 5. The van der Waals surface area contributed by atoms with Gasteiger partial charge in [-0.05, 0) is 41.3 Å². The second-order valence-corrected chi connectivity index (χ2v) is 8.83. The van der Waals surface area contributed by atoms with E-state index < -0.39 is 17.7 Å². The van der Waals surface area contributed by atoms with Crippen molar-refractivity contribution >= 4 is 23.0 Å². The van der Waals surface area contributed by atoms with Crippen LogP contribution in [0.15, 0.2) is 53.1 Å². The third-order valence-electron chi connectivity index (χ3n) is 5.64. The van der Waals surface area contributed by atoms with Crippen molar-refractivity contribution in [3.63, 3.8) is 0 Å². The minimum atomic E-state index is -0.609. The summed E-state index contributed by atoms with van der Waals surface area (Å²) in [5.41, 5.74) is 2.17. The van der Waals surface area contributed by atoms with Crippen molar-refractivity contribution in [1.82, 2.24) is 4.90 Å². The SMILES string of the molecule is CC(C)c1ccc([C@@H]2C(C(=O)c3cccs3)=C(O)C(=O)N2C[C@@H]2CCCO2)cc1. The minimum absolute atomic E-state index is 0.0691. The summed E-state index contributed by atoms with van der Waals surface area (Å²) in [6.07, 6.45) is 1.76. The summed E-state index contributed by atoms with van der Waals surface area (Å²) >= 11 is 1.31. The number of ether oxygens (including phenoxy) is 1. The Morgan fingerprint density at radius 3 is 2.62 bits per heavy atom. The lowest BCUT2D eigenvalue weighted by Crippen LogP contribution is -2.37. The fourth-order valence-electron chi connectivity index (χ4n) is 4.03. The number of amides is 1. The van der Waals surface area contributed by atoms with E-state index in [1.165, 1.54) is 16.9 Å². The lowest BCUT2D eigenvalue weighted by molar-refractivity contribution is -0.131. The molecule has 6 heteroatoms. The summed E-state index contributed by atoms with van der Waals surface area (Å²) < 4.78 is 5.72. The van der Waals surface area contributed by atoms with E-state index in [4.69, 9.17) is 4.74 Å². The molecule has 1 fully saturated rings. The number of thiophene rings is 1. The summed E-state index contributed by atoms with van der Waals surface area (Å²) in [4.78, 5) is 28.2. The first-order chi connectivity index (χ1) is 14.0. The molecule has 0 bridgehead atoms. The zero-order chi connectivity index (χ0) is 20.5. The Kier molecular flexibility index (Phi) is 5.56. The molecule has 1 amide bonds. The van der Waals surface area contributed by atoms with Gasteiger partial charge in [0.15, 0.2) is 5.76 Å². The highest BCUT2D eigenvalue weighted by Crippen LogP contribution is 2.40. The maximum atomic E-state index is 13.2. The van der Waals surface area contributed by atoms with Gasteiger partial charge < -0.3 is 14.7 Å². The van der Waals surface area contributed by atoms with Gasteiger partial charge in [-0.2, -0.15) is 0 Å². The molecule has 2 atom stereocenters. The van der Waals surface area contributed by atoms with Gasteiger partial charge in [0, 0.05) is 13.2 Å². The number of benzene rings is 1. The van der Waals surface area contributed by atoms with Gasteiger partial charge in [-0.3, -0.25) is 9.59 Å². The third-order valence-corrected chi connectivity index (χ3v) is 6.51. The van der Waals surface area contributed by atoms with E-state index in [1.807, 2.05) is 29.6 Å². The number of hydrogen-bond donors (Lipinski definition) is 1. The number of aliphatic hydroxyl groups is 1. The summed E-state index contributed by atoms with van der Waals surface area (Å²) in [5.74, 6) is -0.857. The van der Waals surface area contributed by atoms with E-state index in [0.717, 1.165) is 18.4 Å². The topological polar surface area (TPSA) is 66.8 Å². The molecule has 2 aliphatic heterocycles. The molecule has 1 saturated heterocycles. The molecule has 2 aromatic rings. The van der Waals surface area contributed by atoms with Gasteiger partial charge in [0.2, 0.25) is 5.78 Å². The molecule has 1 N–H and O–H groups in total. The Bertz CT molecular complexity index is 924. The molecule has 29 heavy (non-hydrogen) atoms. The Morgan fingerprint density at radius 2 is 2.03 bits per heavy atom. The molecule has 5 nitrogen and oxygen atoms in total. The van der Waals surface area contributed by atoms with Gasteiger partial charge in [0.05, 0.1) is 22.6 Å². The molecule has 0 radical (unpaired) electrons. The molecule has 0 spiro atoms. The van der Waals surface area contributed by atoms with Crippen LogP contribution in [0.4, 0.5) is 0 Å². The van der Waals surface area contributed by atoms with E-state index in [1.54, 1.807) is 17.0 Å². The third kappa shape index (κ3) is 3.74. The van der Waals surface area contributed by atoms with Crippen LogP contribution in [-0.4, -0.2) is 41.0 Å². The van der Waals surface area contributed by atoms with E-state index in [2.05, 4.69) is 13.8 Å². The Hall–Kier alpha value is -2.44. The van der Waals surface area contributed by atoms with E-state index in [0.29, 0.717) is 23.9 Å². The molecule has 2 aliphatic rings. The lowest BCUT2D eigenvalue weighted by Gasteiger charge is -2.29. The number of carbonyl (C=O) groups is 2. The average molecular weight is 412 g/mol. The largest absolute Gasteiger partial charge is 0.503 e. The van der Waals surface area contributed by atoms with E-state index in [9.17, 15) is 14.7 Å². The van der Waals surface area contributed by atoms with Gasteiger partial charge in [0.1, 0.15) is 0 Å². The van der Waals surface area contributed by atoms with Crippen molar-refractivity contribution in [2.45, 2.75) is 44.8 Å². The summed E-state index contributed by atoms with van der Waals surface area (Å²) in [6, 6.07) is 10.9. The molecule has 1 aromatic carbocycles. The fraction of sp³-hybridized carbons (Fsp3) is 0.391. The molecular weight excluding hydrogens is 386 g/mol. The van der Waals surface area contributed by atoms with Crippen LogP contribution in [-0.2, 0) is 9.53 Å². The Morgan fingerprint density at radius 1 is 1.28 bits per heavy atom. The van der Waals surface area contributed by atoms with Gasteiger partial charge >= 0.3 is 0 Å². The molecule has 1 aromatic heterocycles. The summed E-state index contributed by atoms with van der Waals surface area (Å²) in [6.45, 7) is 5.28. The molecule has 0 saturated carbocycles. The van der Waals surface area contributed by atoms with E-state index in [-0.39, 0.29) is 17.5 Å². The van der Waals surface area contributed by atoms with Gasteiger partial charge in [-0.15, -0.1) is 11.3 Å². The monoisotopic (exact) mass is 411 g/mol. The number of nitrogens with zero attached hydrogens (tertiary/aromatic N) is 1. The maximum absolute atomic E-state index is 13.2. The first-order valence-corrected chi connectivity index (χ1v) is 10.9. The minimum Gasteiger partial charge on any atom is -0.503 e. The van der Waals surface area contributed by atoms with Crippen LogP contribution < -0.4 is 0 Å². The molecule has 0 aliphatic carbocycles. The highest BCUT2D eigenvalue weighted by Gasteiger charge is 2.45. The lowest BCUT2D eigenvalue weighted by atomic mass is 9.93. The molecule has 4 rings (SSSR count). The van der Waals surface area contributed by atoms with Crippen LogP contribution in [0.1, 0.15) is 59.4 Å². The van der Waals surface area contributed by atoms with Gasteiger partial charge in [0.25, 0.3) is 5.91 Å². The highest BCUT2D eigenvalue weighted by molar-refractivity contribution is 7.12. The predicted molar refractivity (Wildman–Crippen MR) is 112 cm³/mol. The fourth-order valence-corrected chi connectivity index (χ4v) is 4.71. The van der Waals surface area contributed by atoms with Crippen molar-refractivity contribution in [2.24, 2.45) is 0 Å². The van der Waals surface area contributed by atoms with Gasteiger partial charge in [-0.25, -0.2) is 0 Å². The predicted octanol–water partition coefficient (Wildman–Crippen LogP) is 4.63. The van der Waals surface area contributed by atoms with Crippen LogP contribution >= 0.6 is 11.3 Å². The number of carbonyl (C=O) groups excluding carboxylic acids is 2. The van der Waals surface area contributed by atoms with E-state index >= 15 is 0 Å². The smallest absolute Gasteiger partial charge is 0.290 e. The first kappa shape index (κ1) is 19.9. The molecule has 152 valence electrons. The van der Waals surface area contributed by atoms with Crippen LogP contribution in [0.25, 0.3) is 0 Å². The van der Waals surface area contributed by atoms with Crippen molar-refractivity contribution in [1.29, 1.82) is 0 Å². The van der Waals surface area contributed by atoms with Crippen molar-refractivity contribution in [2.75, 3.05) is 13.2 Å². The van der Waals surface area contributed by atoms with Crippen LogP contribution in [0.5, 0.6) is 0 Å². The van der Waals surface area contributed by atoms with Crippen LogP contribution in [0.2, 0.25) is 0 Å². The number of rotatable bonds is 6. The standard InChI is InChI=1S/C23H25NO4S/c1-14(2)15-7-9-16(10-8-15)20-19(21(25)18-6-4-12-29-18)22(26)23(27)24(20)13-17-5-3-11-28-17/h4,6-10,12,14,17,20,26H,3,5,11,13H2,1-2H3/t17-,20+/m0/s1. The quantitative estimate of drug-likeness (QED) is 0.704. The van der Waals surface area contributed by atoms with Crippen LogP contribution in [0, 0.1) is 0 Å². The second-order valence-electron chi connectivity index (χ2n) is 7.89. The first-order valence-electron chi connectivity index (χ1n) is 10.0. The Balaban J connectivity index is 1.74.